The molecule has 1 fully saturated rings. The van der Waals surface area contributed by atoms with Crippen molar-refractivity contribution in [1.82, 2.24) is 4.90 Å². The first-order valence-electron chi connectivity index (χ1n) is 9.39. The molecule has 1 N–H and O–H groups in total. The summed E-state index contributed by atoms with van der Waals surface area (Å²) < 4.78 is 26.0. The molecule has 0 spiro atoms. The fraction of sp³-hybridized carbons (Fsp3) is 0.333. The van der Waals surface area contributed by atoms with Gasteiger partial charge in [-0.2, -0.15) is 0 Å². The first-order valence-corrected chi connectivity index (χ1v) is 10.4. The van der Waals surface area contributed by atoms with Crippen molar-refractivity contribution >= 4 is 35.0 Å². The Balaban J connectivity index is 1.42. The number of rotatable bonds is 6. The van der Waals surface area contributed by atoms with Crippen molar-refractivity contribution in [3.63, 3.8) is 0 Å². The fourth-order valence-corrected chi connectivity index (χ4v) is 3.86. The summed E-state index contributed by atoms with van der Waals surface area (Å²) in [6.07, 6.45) is 0. The maximum atomic E-state index is 13.1. The van der Waals surface area contributed by atoms with Crippen molar-refractivity contribution < 1.29 is 18.4 Å². The van der Waals surface area contributed by atoms with E-state index in [1.165, 1.54) is 48.2 Å². The van der Waals surface area contributed by atoms with E-state index in [4.69, 9.17) is 0 Å². The van der Waals surface area contributed by atoms with Crippen LogP contribution in [0.2, 0.25) is 0 Å². The van der Waals surface area contributed by atoms with Gasteiger partial charge in [0.25, 0.3) is 0 Å². The molecule has 1 aliphatic rings. The summed E-state index contributed by atoms with van der Waals surface area (Å²) in [7, 11) is 0. The molecule has 0 aromatic heterocycles. The highest BCUT2D eigenvalue weighted by Crippen LogP contribution is 2.20. The number of hydrogen-bond donors (Lipinski definition) is 1. The maximum absolute atomic E-state index is 13.1. The third-order valence-electron chi connectivity index (χ3n) is 4.72. The van der Waals surface area contributed by atoms with E-state index in [1.54, 1.807) is 24.0 Å². The predicted molar refractivity (Wildman–Crippen MR) is 112 cm³/mol. The summed E-state index contributed by atoms with van der Waals surface area (Å²) >= 11 is 1.27. The van der Waals surface area contributed by atoms with Crippen molar-refractivity contribution in [3.05, 3.63) is 60.2 Å². The van der Waals surface area contributed by atoms with Crippen LogP contribution in [0.5, 0.6) is 0 Å². The van der Waals surface area contributed by atoms with Gasteiger partial charge >= 0.3 is 0 Å². The molecule has 0 bridgehead atoms. The average Bonchev–Trinajstić information content (AvgIpc) is 2.74. The first kappa shape index (κ1) is 21.1. The maximum Gasteiger partial charge on any atom is 0.235 e. The van der Waals surface area contributed by atoms with Gasteiger partial charge in [0.05, 0.1) is 11.0 Å². The van der Waals surface area contributed by atoms with E-state index in [0.29, 0.717) is 31.9 Å². The van der Waals surface area contributed by atoms with Gasteiger partial charge in [0.1, 0.15) is 11.6 Å². The standard InChI is InChI=1S/C21H23F2N3O2S/c1-15(29-14-20(27)24-18-6-2-16(22)3-7-18)21(28)26-12-10-25(11-13-26)19-8-4-17(23)5-9-19/h2-9,15H,10-14H2,1H3,(H,24,27)/t15-/m1/s1. The largest absolute Gasteiger partial charge is 0.368 e. The zero-order valence-corrected chi connectivity index (χ0v) is 16.9. The molecule has 0 saturated carbocycles. The van der Waals surface area contributed by atoms with Gasteiger partial charge in [-0.25, -0.2) is 8.78 Å². The van der Waals surface area contributed by atoms with Crippen LogP contribution in [0.25, 0.3) is 0 Å². The summed E-state index contributed by atoms with van der Waals surface area (Å²) in [4.78, 5) is 28.6. The highest BCUT2D eigenvalue weighted by atomic mass is 32.2. The predicted octanol–water partition coefficient (Wildman–Crippen LogP) is 3.37. The van der Waals surface area contributed by atoms with Gasteiger partial charge in [0.15, 0.2) is 0 Å². The Kier molecular flexibility index (Phi) is 7.09. The molecule has 1 saturated heterocycles. The lowest BCUT2D eigenvalue weighted by Gasteiger charge is -2.37. The number of benzene rings is 2. The average molecular weight is 419 g/mol. The van der Waals surface area contributed by atoms with Crippen LogP contribution in [0.15, 0.2) is 48.5 Å². The zero-order chi connectivity index (χ0) is 20.8. The minimum absolute atomic E-state index is 0.00309. The Morgan fingerprint density at radius 3 is 2.10 bits per heavy atom. The smallest absolute Gasteiger partial charge is 0.235 e. The number of nitrogens with zero attached hydrogens (tertiary/aromatic N) is 2. The number of piperazine rings is 1. The molecular formula is C21H23F2N3O2S. The minimum atomic E-state index is -0.365. The first-order chi connectivity index (χ1) is 13.9. The molecule has 3 rings (SSSR count). The van der Waals surface area contributed by atoms with Gasteiger partial charge in [-0.1, -0.05) is 0 Å². The quantitative estimate of drug-likeness (QED) is 0.780. The van der Waals surface area contributed by atoms with Crippen LogP contribution in [0.4, 0.5) is 20.2 Å². The number of thioether (sulfide) groups is 1. The Morgan fingerprint density at radius 2 is 1.52 bits per heavy atom. The Bertz CT molecular complexity index is 838. The highest BCUT2D eigenvalue weighted by molar-refractivity contribution is 8.01. The molecule has 1 atom stereocenters. The molecule has 2 aromatic carbocycles. The van der Waals surface area contributed by atoms with E-state index in [9.17, 15) is 18.4 Å². The molecule has 0 aliphatic carbocycles. The molecule has 1 heterocycles. The number of carbonyl (C=O) groups is 2. The monoisotopic (exact) mass is 419 g/mol. The SMILES string of the molecule is C[C@@H](SCC(=O)Nc1ccc(F)cc1)C(=O)N1CCN(c2ccc(F)cc2)CC1. The second kappa shape index (κ2) is 9.73. The second-order valence-corrected chi connectivity index (χ2v) is 8.13. The van der Waals surface area contributed by atoms with E-state index in [2.05, 4.69) is 10.2 Å². The van der Waals surface area contributed by atoms with Gasteiger partial charge in [-0.05, 0) is 55.5 Å². The van der Waals surface area contributed by atoms with Crippen LogP contribution in [-0.2, 0) is 9.59 Å². The lowest BCUT2D eigenvalue weighted by atomic mass is 10.2. The van der Waals surface area contributed by atoms with Crippen molar-refractivity contribution in [2.24, 2.45) is 0 Å². The van der Waals surface area contributed by atoms with Crippen LogP contribution in [-0.4, -0.2) is 53.9 Å². The molecular weight excluding hydrogens is 396 g/mol. The zero-order valence-electron chi connectivity index (χ0n) is 16.1. The summed E-state index contributed by atoms with van der Waals surface area (Å²) in [5.41, 5.74) is 1.46. The van der Waals surface area contributed by atoms with Gasteiger partial charge < -0.3 is 15.1 Å². The Hall–Kier alpha value is -2.61. The number of anilines is 2. The molecule has 0 radical (unpaired) electrons. The molecule has 0 unspecified atom stereocenters. The minimum Gasteiger partial charge on any atom is -0.368 e. The van der Waals surface area contributed by atoms with Crippen LogP contribution >= 0.6 is 11.8 Å². The van der Waals surface area contributed by atoms with Gasteiger partial charge in [0.2, 0.25) is 11.8 Å². The normalized spacial score (nSPS) is 15.1. The van der Waals surface area contributed by atoms with E-state index >= 15 is 0 Å². The van der Waals surface area contributed by atoms with E-state index in [1.807, 2.05) is 0 Å². The van der Waals surface area contributed by atoms with Crippen LogP contribution in [0, 0.1) is 11.6 Å². The second-order valence-electron chi connectivity index (χ2n) is 6.80. The summed E-state index contributed by atoms with van der Waals surface area (Å²) in [5.74, 6) is -0.724. The van der Waals surface area contributed by atoms with Crippen molar-refractivity contribution in [2.45, 2.75) is 12.2 Å². The number of halogens is 2. The van der Waals surface area contributed by atoms with Crippen molar-refractivity contribution in [3.8, 4) is 0 Å². The molecule has 1 aliphatic heterocycles. The molecule has 29 heavy (non-hydrogen) atoms. The third-order valence-corrected chi connectivity index (χ3v) is 5.85. The van der Waals surface area contributed by atoms with Crippen LogP contribution in [0.1, 0.15) is 6.92 Å². The van der Waals surface area contributed by atoms with Crippen LogP contribution < -0.4 is 10.2 Å². The highest BCUT2D eigenvalue weighted by Gasteiger charge is 2.25. The number of carbonyl (C=O) groups excluding carboxylic acids is 2. The fourth-order valence-electron chi connectivity index (χ4n) is 3.10. The summed E-state index contributed by atoms with van der Waals surface area (Å²) in [6.45, 7) is 4.33. The lowest BCUT2D eigenvalue weighted by Crippen LogP contribution is -2.50. The van der Waals surface area contributed by atoms with E-state index in [0.717, 1.165) is 5.69 Å². The molecule has 154 valence electrons. The van der Waals surface area contributed by atoms with Crippen molar-refractivity contribution in [2.75, 3.05) is 42.1 Å². The molecule has 2 aromatic rings. The Morgan fingerprint density at radius 1 is 0.966 bits per heavy atom. The number of hydrogen-bond acceptors (Lipinski definition) is 4. The third kappa shape index (κ3) is 5.93. The molecule has 2 amide bonds. The Labute approximate surface area is 173 Å². The topological polar surface area (TPSA) is 52.7 Å². The van der Waals surface area contributed by atoms with Crippen LogP contribution in [0.3, 0.4) is 0 Å². The van der Waals surface area contributed by atoms with Gasteiger partial charge in [-0.3, -0.25) is 9.59 Å². The number of amides is 2. The number of nitrogens with one attached hydrogen (secondary N) is 1. The van der Waals surface area contributed by atoms with Gasteiger partial charge in [-0.15, -0.1) is 11.8 Å². The molecule has 5 nitrogen and oxygen atoms in total. The van der Waals surface area contributed by atoms with Gasteiger partial charge in [0, 0.05) is 37.6 Å². The van der Waals surface area contributed by atoms with E-state index in [-0.39, 0.29) is 34.5 Å². The lowest BCUT2D eigenvalue weighted by molar-refractivity contribution is -0.130. The van der Waals surface area contributed by atoms with E-state index < -0.39 is 0 Å². The summed E-state index contributed by atoms with van der Waals surface area (Å²) in [6, 6.07) is 11.9. The summed E-state index contributed by atoms with van der Waals surface area (Å²) in [5, 5.41) is 2.34. The molecule has 8 heteroatoms. The van der Waals surface area contributed by atoms with Crippen molar-refractivity contribution in [1.29, 1.82) is 0 Å².